The van der Waals surface area contributed by atoms with Crippen LogP contribution in [0.3, 0.4) is 0 Å². The van der Waals surface area contributed by atoms with Gasteiger partial charge in [0, 0.05) is 26.4 Å². The molecule has 1 aliphatic rings. The first-order chi connectivity index (χ1) is 7.68. The van der Waals surface area contributed by atoms with Crippen molar-refractivity contribution < 1.29 is 9.47 Å². The lowest BCUT2D eigenvalue weighted by Crippen LogP contribution is -2.50. The molecule has 0 aromatic heterocycles. The highest BCUT2D eigenvalue weighted by molar-refractivity contribution is 4.90. The predicted molar refractivity (Wildman–Crippen MR) is 66.5 cm³/mol. The average Bonchev–Trinajstić information content (AvgIpc) is 2.33. The summed E-state index contributed by atoms with van der Waals surface area (Å²) in [6.45, 7) is 6.12. The van der Waals surface area contributed by atoms with Gasteiger partial charge in [-0.2, -0.15) is 0 Å². The Balaban J connectivity index is 2.50. The zero-order valence-corrected chi connectivity index (χ0v) is 11.0. The molecule has 0 spiro atoms. The predicted octanol–water partition coefficient (Wildman–Crippen LogP) is 2.34. The normalized spacial score (nSPS) is 21.0. The Bertz CT molecular complexity index is 178. The van der Waals surface area contributed by atoms with Crippen LogP contribution in [0.25, 0.3) is 0 Å². The molecular weight excluding hydrogens is 202 g/mol. The molecule has 0 saturated carbocycles. The minimum atomic E-state index is -0.127. The van der Waals surface area contributed by atoms with Crippen LogP contribution in [0, 0.1) is 5.92 Å². The van der Waals surface area contributed by atoms with Gasteiger partial charge in [-0.3, -0.25) is 0 Å². The molecule has 1 fully saturated rings. The molecule has 3 nitrogen and oxygen atoms in total. The number of nitrogens with two attached hydrogens (primary N) is 1. The lowest BCUT2D eigenvalue weighted by molar-refractivity contribution is -0.0473. The Morgan fingerprint density at radius 2 is 1.88 bits per heavy atom. The standard InChI is InChI=1S/C13H27NO2/c1-4-13(5-2,15-3)12(14)10-11-6-8-16-9-7-11/h11-12H,4-10,14H2,1-3H3. The molecule has 0 amide bonds. The summed E-state index contributed by atoms with van der Waals surface area (Å²) < 4.78 is 11.1. The Morgan fingerprint density at radius 1 is 1.31 bits per heavy atom. The smallest absolute Gasteiger partial charge is 0.0823 e. The van der Waals surface area contributed by atoms with E-state index in [1.54, 1.807) is 7.11 Å². The molecule has 1 aliphatic heterocycles. The number of methoxy groups -OCH3 is 1. The monoisotopic (exact) mass is 229 g/mol. The van der Waals surface area contributed by atoms with Gasteiger partial charge in [0.05, 0.1) is 5.60 Å². The summed E-state index contributed by atoms with van der Waals surface area (Å²) in [5.74, 6) is 0.719. The summed E-state index contributed by atoms with van der Waals surface area (Å²) in [5, 5.41) is 0. The second kappa shape index (κ2) is 6.58. The van der Waals surface area contributed by atoms with E-state index in [2.05, 4.69) is 13.8 Å². The van der Waals surface area contributed by atoms with Gasteiger partial charge < -0.3 is 15.2 Å². The van der Waals surface area contributed by atoms with Gasteiger partial charge in [0.25, 0.3) is 0 Å². The highest BCUT2D eigenvalue weighted by atomic mass is 16.5. The third-order valence-corrected chi connectivity index (χ3v) is 4.21. The van der Waals surface area contributed by atoms with E-state index < -0.39 is 0 Å². The van der Waals surface area contributed by atoms with Crippen LogP contribution >= 0.6 is 0 Å². The molecule has 16 heavy (non-hydrogen) atoms. The van der Waals surface area contributed by atoms with Crippen molar-refractivity contribution in [2.24, 2.45) is 11.7 Å². The summed E-state index contributed by atoms with van der Waals surface area (Å²) in [4.78, 5) is 0. The van der Waals surface area contributed by atoms with E-state index >= 15 is 0 Å². The van der Waals surface area contributed by atoms with E-state index in [-0.39, 0.29) is 11.6 Å². The van der Waals surface area contributed by atoms with Crippen LogP contribution in [-0.4, -0.2) is 32.0 Å². The third kappa shape index (κ3) is 3.19. The molecule has 96 valence electrons. The van der Waals surface area contributed by atoms with Crippen LogP contribution in [-0.2, 0) is 9.47 Å². The molecule has 1 saturated heterocycles. The van der Waals surface area contributed by atoms with Gasteiger partial charge in [-0.05, 0) is 38.0 Å². The lowest BCUT2D eigenvalue weighted by Gasteiger charge is -2.38. The van der Waals surface area contributed by atoms with Crippen LogP contribution in [0.2, 0.25) is 0 Å². The summed E-state index contributed by atoms with van der Waals surface area (Å²) in [7, 11) is 1.79. The molecule has 0 bridgehead atoms. The Morgan fingerprint density at radius 3 is 2.31 bits per heavy atom. The molecule has 2 N–H and O–H groups in total. The van der Waals surface area contributed by atoms with E-state index in [1.165, 1.54) is 0 Å². The number of rotatable bonds is 6. The summed E-state index contributed by atoms with van der Waals surface area (Å²) in [5.41, 5.74) is 6.22. The second-order valence-corrected chi connectivity index (χ2v) is 4.87. The number of hydrogen-bond donors (Lipinski definition) is 1. The maximum atomic E-state index is 6.35. The van der Waals surface area contributed by atoms with Crippen molar-refractivity contribution in [1.29, 1.82) is 0 Å². The fourth-order valence-corrected chi connectivity index (χ4v) is 2.77. The van der Waals surface area contributed by atoms with Crippen molar-refractivity contribution in [3.8, 4) is 0 Å². The molecule has 1 rings (SSSR count). The summed E-state index contributed by atoms with van der Waals surface area (Å²) in [6, 6.07) is 0.149. The minimum Gasteiger partial charge on any atom is -0.381 e. The van der Waals surface area contributed by atoms with E-state index in [1.807, 2.05) is 0 Å². The van der Waals surface area contributed by atoms with Gasteiger partial charge in [0.2, 0.25) is 0 Å². The summed E-state index contributed by atoms with van der Waals surface area (Å²) in [6.07, 6.45) is 5.36. The molecule has 1 heterocycles. The van der Waals surface area contributed by atoms with Crippen molar-refractivity contribution in [1.82, 2.24) is 0 Å². The van der Waals surface area contributed by atoms with Gasteiger partial charge in [0.1, 0.15) is 0 Å². The topological polar surface area (TPSA) is 44.5 Å². The molecule has 3 heteroatoms. The molecule has 0 aromatic carbocycles. The fourth-order valence-electron chi connectivity index (χ4n) is 2.77. The quantitative estimate of drug-likeness (QED) is 0.760. The highest BCUT2D eigenvalue weighted by Gasteiger charge is 2.34. The largest absolute Gasteiger partial charge is 0.381 e. The first-order valence-electron chi connectivity index (χ1n) is 6.57. The first-order valence-corrected chi connectivity index (χ1v) is 6.57. The molecule has 0 aromatic rings. The van der Waals surface area contributed by atoms with Gasteiger partial charge in [0.15, 0.2) is 0 Å². The number of hydrogen-bond acceptors (Lipinski definition) is 3. The highest BCUT2D eigenvalue weighted by Crippen LogP contribution is 2.29. The van der Waals surface area contributed by atoms with Crippen LogP contribution in [0.4, 0.5) is 0 Å². The molecule has 0 aliphatic carbocycles. The SMILES string of the molecule is CCC(CC)(OC)C(N)CC1CCOCC1. The zero-order valence-electron chi connectivity index (χ0n) is 11.0. The van der Waals surface area contributed by atoms with Crippen LogP contribution in [0.1, 0.15) is 46.0 Å². The third-order valence-electron chi connectivity index (χ3n) is 4.21. The molecule has 0 radical (unpaired) electrons. The van der Waals surface area contributed by atoms with Crippen molar-refractivity contribution in [3.63, 3.8) is 0 Å². The fraction of sp³-hybridized carbons (Fsp3) is 1.00. The van der Waals surface area contributed by atoms with Gasteiger partial charge in [-0.1, -0.05) is 13.8 Å². The molecule has 1 unspecified atom stereocenters. The van der Waals surface area contributed by atoms with Crippen LogP contribution in [0.5, 0.6) is 0 Å². The van der Waals surface area contributed by atoms with E-state index in [0.717, 1.165) is 51.2 Å². The number of ether oxygens (including phenoxy) is 2. The van der Waals surface area contributed by atoms with Crippen molar-refractivity contribution in [2.45, 2.75) is 57.6 Å². The molecular formula is C13H27NO2. The molecule has 1 atom stereocenters. The maximum absolute atomic E-state index is 6.35. The Hall–Kier alpha value is -0.120. The second-order valence-electron chi connectivity index (χ2n) is 4.87. The van der Waals surface area contributed by atoms with Gasteiger partial charge in [-0.15, -0.1) is 0 Å². The van der Waals surface area contributed by atoms with Crippen LogP contribution in [0.15, 0.2) is 0 Å². The van der Waals surface area contributed by atoms with Crippen molar-refractivity contribution in [3.05, 3.63) is 0 Å². The maximum Gasteiger partial charge on any atom is 0.0823 e. The summed E-state index contributed by atoms with van der Waals surface area (Å²) >= 11 is 0. The van der Waals surface area contributed by atoms with E-state index in [4.69, 9.17) is 15.2 Å². The van der Waals surface area contributed by atoms with Crippen molar-refractivity contribution >= 4 is 0 Å². The van der Waals surface area contributed by atoms with Crippen molar-refractivity contribution in [2.75, 3.05) is 20.3 Å². The average molecular weight is 229 g/mol. The first kappa shape index (κ1) is 13.9. The van der Waals surface area contributed by atoms with E-state index in [9.17, 15) is 0 Å². The van der Waals surface area contributed by atoms with Gasteiger partial charge in [-0.25, -0.2) is 0 Å². The lowest BCUT2D eigenvalue weighted by atomic mass is 9.81. The zero-order chi connectivity index (χ0) is 12.0. The van der Waals surface area contributed by atoms with Crippen LogP contribution < -0.4 is 5.73 Å². The Labute approximate surface area is 99.7 Å². The minimum absolute atomic E-state index is 0.127. The van der Waals surface area contributed by atoms with E-state index in [0.29, 0.717) is 0 Å². The Kier molecular flexibility index (Phi) is 5.73. The van der Waals surface area contributed by atoms with Gasteiger partial charge >= 0.3 is 0 Å².